The molecule has 1 unspecified atom stereocenters. The molecule has 2 heterocycles. The van der Waals surface area contributed by atoms with Gasteiger partial charge in [0.1, 0.15) is 12.3 Å². The molecule has 11 nitrogen and oxygen atoms in total. The Morgan fingerprint density at radius 1 is 1.19 bits per heavy atom. The van der Waals surface area contributed by atoms with Crippen molar-refractivity contribution in [2.75, 3.05) is 53.0 Å². The number of amides is 2. The van der Waals surface area contributed by atoms with E-state index in [4.69, 9.17) is 9.47 Å². The predicted octanol–water partition coefficient (Wildman–Crippen LogP) is 1.00. The molecule has 3 N–H and O–H groups in total. The average Bonchev–Trinajstić information content (AvgIpc) is 2.85. The van der Waals surface area contributed by atoms with Crippen LogP contribution in [0.15, 0.2) is 23.2 Å². The molecule has 0 spiro atoms. The second-order valence-electron chi connectivity index (χ2n) is 10.5. The van der Waals surface area contributed by atoms with E-state index >= 15 is 0 Å². The largest absolute Gasteiger partial charge is 0.493 e. The van der Waals surface area contributed by atoms with Gasteiger partial charge in [0, 0.05) is 59.2 Å². The van der Waals surface area contributed by atoms with E-state index in [1.165, 1.54) is 6.92 Å². The SMILES string of the molecule is CNC(=O)C(CCOc1ccc2c(c1)N=C(NC(C)=O)N(CC(=O)OCC(C)(C)C)C2)N1CCNCC1. The summed E-state index contributed by atoms with van der Waals surface area (Å²) in [5.74, 6) is 0.242. The second kappa shape index (κ2) is 12.9. The zero-order valence-corrected chi connectivity index (χ0v) is 22.6. The standard InChI is InChI=1S/C26H40N6O5/c1-18(33)29-25-30-21-14-20(36-13-8-22(24(35)27-5)31-11-9-28-10-12-31)7-6-19(21)15-32(25)16-23(34)37-17-26(2,3)4/h6-7,14,22,28H,8-13,15-17H2,1-5H3,(H,27,35)(H,29,30,33). The number of carbonyl (C=O) groups excluding carboxylic acids is 3. The van der Waals surface area contributed by atoms with Gasteiger partial charge in [-0.25, -0.2) is 4.99 Å². The van der Waals surface area contributed by atoms with Crippen molar-refractivity contribution in [2.24, 2.45) is 10.4 Å². The number of aliphatic imine (C=N–C) groups is 1. The number of piperazine rings is 1. The third-order valence-electron chi connectivity index (χ3n) is 6.02. The summed E-state index contributed by atoms with van der Waals surface area (Å²) < 4.78 is 11.4. The number of fused-ring (bicyclic) bond motifs is 1. The Labute approximate surface area is 218 Å². The number of nitrogens with one attached hydrogen (secondary N) is 3. The van der Waals surface area contributed by atoms with E-state index in [1.807, 2.05) is 39.0 Å². The molecular formula is C26H40N6O5. The van der Waals surface area contributed by atoms with Crippen molar-refractivity contribution >= 4 is 29.4 Å². The Kier molecular flexibility index (Phi) is 9.87. The van der Waals surface area contributed by atoms with Crippen molar-refractivity contribution in [2.45, 2.75) is 46.7 Å². The van der Waals surface area contributed by atoms with Crippen LogP contribution >= 0.6 is 0 Å². The third-order valence-corrected chi connectivity index (χ3v) is 6.02. The Morgan fingerprint density at radius 3 is 2.57 bits per heavy atom. The lowest BCUT2D eigenvalue weighted by Crippen LogP contribution is -2.53. The molecule has 1 fully saturated rings. The minimum absolute atomic E-state index is 0.0124. The van der Waals surface area contributed by atoms with Crippen LogP contribution in [0, 0.1) is 5.41 Å². The van der Waals surface area contributed by atoms with Gasteiger partial charge in [0.15, 0.2) is 0 Å². The lowest BCUT2D eigenvalue weighted by molar-refractivity contribution is -0.147. The van der Waals surface area contributed by atoms with Gasteiger partial charge in [0.2, 0.25) is 17.8 Å². The maximum absolute atomic E-state index is 12.4. The number of hydrogen-bond acceptors (Lipinski definition) is 9. The van der Waals surface area contributed by atoms with E-state index in [-0.39, 0.29) is 35.8 Å². The average molecular weight is 517 g/mol. The summed E-state index contributed by atoms with van der Waals surface area (Å²) >= 11 is 0. The van der Waals surface area contributed by atoms with Crippen LogP contribution in [0.1, 0.15) is 39.7 Å². The van der Waals surface area contributed by atoms with Gasteiger partial charge < -0.3 is 25.0 Å². The fourth-order valence-electron chi connectivity index (χ4n) is 4.16. The fourth-order valence-corrected chi connectivity index (χ4v) is 4.16. The van der Waals surface area contributed by atoms with E-state index < -0.39 is 0 Å². The monoisotopic (exact) mass is 516 g/mol. The van der Waals surface area contributed by atoms with Crippen molar-refractivity contribution in [1.29, 1.82) is 0 Å². The van der Waals surface area contributed by atoms with E-state index in [0.29, 0.717) is 43.6 Å². The van der Waals surface area contributed by atoms with E-state index in [9.17, 15) is 14.4 Å². The number of guanidine groups is 1. The zero-order chi connectivity index (χ0) is 27.0. The quantitative estimate of drug-likeness (QED) is 0.416. The molecule has 0 saturated carbocycles. The molecule has 3 rings (SSSR count). The first-order valence-electron chi connectivity index (χ1n) is 12.7. The molecule has 1 saturated heterocycles. The summed E-state index contributed by atoms with van der Waals surface area (Å²) in [6.45, 7) is 11.8. The van der Waals surface area contributed by atoms with Crippen LogP contribution < -0.4 is 20.7 Å². The molecule has 0 bridgehead atoms. The van der Waals surface area contributed by atoms with Gasteiger partial charge in [-0.05, 0) is 17.0 Å². The molecule has 1 atom stereocenters. The van der Waals surface area contributed by atoms with Gasteiger partial charge in [-0.1, -0.05) is 26.8 Å². The summed E-state index contributed by atoms with van der Waals surface area (Å²) in [6, 6.07) is 5.32. The van der Waals surface area contributed by atoms with Gasteiger partial charge in [0.25, 0.3) is 0 Å². The molecular weight excluding hydrogens is 476 g/mol. The maximum atomic E-state index is 12.4. The van der Waals surface area contributed by atoms with Gasteiger partial charge in [-0.3, -0.25) is 24.6 Å². The van der Waals surface area contributed by atoms with E-state index in [2.05, 4.69) is 25.8 Å². The lowest BCUT2D eigenvalue weighted by atomic mass is 9.99. The molecule has 37 heavy (non-hydrogen) atoms. The van der Waals surface area contributed by atoms with Crippen LogP contribution in [-0.4, -0.2) is 92.6 Å². The van der Waals surface area contributed by atoms with Gasteiger partial charge >= 0.3 is 5.97 Å². The molecule has 11 heteroatoms. The number of carbonyl (C=O) groups is 3. The first-order chi connectivity index (χ1) is 17.6. The molecule has 204 valence electrons. The minimum atomic E-state index is -0.383. The molecule has 1 aromatic carbocycles. The number of ether oxygens (including phenoxy) is 2. The van der Waals surface area contributed by atoms with Crippen molar-refractivity contribution in [3.63, 3.8) is 0 Å². The highest BCUT2D eigenvalue weighted by Crippen LogP contribution is 2.30. The van der Waals surface area contributed by atoms with Crippen molar-refractivity contribution in [1.82, 2.24) is 25.8 Å². The zero-order valence-electron chi connectivity index (χ0n) is 22.6. The van der Waals surface area contributed by atoms with Crippen LogP contribution in [0.2, 0.25) is 0 Å². The van der Waals surface area contributed by atoms with Crippen LogP contribution in [-0.2, 0) is 25.7 Å². The van der Waals surface area contributed by atoms with E-state index in [1.54, 1.807) is 11.9 Å². The van der Waals surface area contributed by atoms with Crippen LogP contribution in [0.5, 0.6) is 5.75 Å². The van der Waals surface area contributed by atoms with Crippen molar-refractivity contribution < 1.29 is 23.9 Å². The molecule has 0 aromatic heterocycles. The first-order valence-corrected chi connectivity index (χ1v) is 12.7. The number of hydrogen-bond donors (Lipinski definition) is 3. The second-order valence-corrected chi connectivity index (χ2v) is 10.5. The molecule has 0 aliphatic carbocycles. The summed E-state index contributed by atoms with van der Waals surface area (Å²) in [5.41, 5.74) is 1.42. The summed E-state index contributed by atoms with van der Waals surface area (Å²) in [4.78, 5) is 45.1. The number of nitrogens with zero attached hydrogens (tertiary/aromatic N) is 3. The fraction of sp³-hybridized carbons (Fsp3) is 0.615. The molecule has 2 aliphatic rings. The first kappa shape index (κ1) is 28.4. The summed E-state index contributed by atoms with van der Waals surface area (Å²) in [7, 11) is 1.65. The normalized spacial score (nSPS) is 16.8. The Bertz CT molecular complexity index is 1000. The van der Waals surface area contributed by atoms with Gasteiger partial charge in [-0.15, -0.1) is 0 Å². The molecule has 2 amide bonds. The highest BCUT2D eigenvalue weighted by atomic mass is 16.5. The maximum Gasteiger partial charge on any atom is 0.325 e. The van der Waals surface area contributed by atoms with Crippen molar-refractivity contribution in [3.8, 4) is 5.75 Å². The summed E-state index contributed by atoms with van der Waals surface area (Å²) in [5, 5.41) is 8.78. The lowest BCUT2D eigenvalue weighted by Gasteiger charge is -2.33. The number of esters is 1. The molecule has 0 radical (unpaired) electrons. The smallest absolute Gasteiger partial charge is 0.325 e. The number of likely N-dealkylation sites (N-methyl/N-ethyl adjacent to an activating group) is 1. The molecule has 2 aliphatic heterocycles. The Balaban J connectivity index is 1.65. The number of rotatable bonds is 9. The van der Waals surface area contributed by atoms with Gasteiger partial charge in [0.05, 0.1) is 24.9 Å². The number of benzene rings is 1. The Morgan fingerprint density at radius 2 is 1.92 bits per heavy atom. The van der Waals surface area contributed by atoms with E-state index in [0.717, 1.165) is 31.7 Å². The van der Waals surface area contributed by atoms with Gasteiger partial charge in [-0.2, -0.15) is 0 Å². The summed E-state index contributed by atoms with van der Waals surface area (Å²) in [6.07, 6.45) is 0.557. The van der Waals surface area contributed by atoms with Crippen LogP contribution in [0.25, 0.3) is 0 Å². The Hall–Kier alpha value is -3.18. The van der Waals surface area contributed by atoms with Crippen LogP contribution in [0.4, 0.5) is 5.69 Å². The highest BCUT2D eigenvalue weighted by molar-refractivity contribution is 5.99. The van der Waals surface area contributed by atoms with Crippen molar-refractivity contribution in [3.05, 3.63) is 23.8 Å². The third kappa shape index (κ3) is 8.71. The van der Waals surface area contributed by atoms with Crippen LogP contribution in [0.3, 0.4) is 0 Å². The topological polar surface area (TPSA) is 125 Å². The molecule has 1 aromatic rings. The predicted molar refractivity (Wildman–Crippen MR) is 141 cm³/mol. The minimum Gasteiger partial charge on any atom is -0.493 e. The highest BCUT2D eigenvalue weighted by Gasteiger charge is 2.27.